The standard InChI is InChI=1S/C26H21FI2N2O4/c1-33-21-7-6-18(24(12-21)34-2)14-31-26(32)19(13-30)8-17-10-22(28)25(23(29)11-17)35-15-16-4-3-5-20(27)9-16/h3-12H,14-15H2,1-2H3,(H,31,32)/b19-8+. The number of methoxy groups -OCH3 is 2. The van der Waals surface area contributed by atoms with Gasteiger partial charge in [-0.3, -0.25) is 4.79 Å². The van der Waals surface area contributed by atoms with Crippen molar-refractivity contribution in [2.45, 2.75) is 13.2 Å². The summed E-state index contributed by atoms with van der Waals surface area (Å²) in [6.45, 7) is 0.409. The van der Waals surface area contributed by atoms with E-state index in [1.54, 1.807) is 37.4 Å². The van der Waals surface area contributed by atoms with E-state index in [4.69, 9.17) is 14.2 Å². The summed E-state index contributed by atoms with van der Waals surface area (Å²) in [5, 5.41) is 12.3. The van der Waals surface area contributed by atoms with Gasteiger partial charge in [0, 0.05) is 18.2 Å². The number of nitrogens with one attached hydrogen (secondary N) is 1. The van der Waals surface area contributed by atoms with Crippen LogP contribution < -0.4 is 19.5 Å². The topological polar surface area (TPSA) is 80.6 Å². The highest BCUT2D eigenvalue weighted by atomic mass is 127. The Morgan fingerprint density at radius 3 is 2.46 bits per heavy atom. The molecule has 0 spiro atoms. The first-order valence-electron chi connectivity index (χ1n) is 10.3. The number of amides is 1. The van der Waals surface area contributed by atoms with Gasteiger partial charge in [0.05, 0.1) is 21.4 Å². The van der Waals surface area contributed by atoms with Gasteiger partial charge in [0.1, 0.15) is 41.3 Å². The number of nitrogens with zero attached hydrogens (tertiary/aromatic N) is 1. The van der Waals surface area contributed by atoms with E-state index < -0.39 is 5.91 Å². The minimum Gasteiger partial charge on any atom is -0.497 e. The zero-order valence-corrected chi connectivity index (χ0v) is 23.2. The minimum absolute atomic E-state index is 0.0301. The van der Waals surface area contributed by atoms with Crippen molar-refractivity contribution in [2.24, 2.45) is 0 Å². The van der Waals surface area contributed by atoms with Crippen LogP contribution >= 0.6 is 45.2 Å². The van der Waals surface area contributed by atoms with Gasteiger partial charge in [-0.2, -0.15) is 5.26 Å². The molecule has 0 aliphatic rings. The third-order valence-corrected chi connectivity index (χ3v) is 6.51. The Bertz CT molecular complexity index is 1280. The van der Waals surface area contributed by atoms with Gasteiger partial charge in [-0.05, 0) is 98.8 Å². The van der Waals surface area contributed by atoms with Gasteiger partial charge in [-0.15, -0.1) is 0 Å². The number of hydrogen-bond acceptors (Lipinski definition) is 5. The molecule has 0 bridgehead atoms. The Hall–Kier alpha value is -2.85. The number of nitriles is 1. The molecule has 0 fully saturated rings. The van der Waals surface area contributed by atoms with Gasteiger partial charge in [0.2, 0.25) is 0 Å². The fourth-order valence-electron chi connectivity index (χ4n) is 3.17. The molecular weight excluding hydrogens is 677 g/mol. The SMILES string of the molecule is COc1ccc(CNC(=O)/C(C#N)=C/c2cc(I)c(OCc3cccc(F)c3)c(I)c2)c(OC)c1. The van der Waals surface area contributed by atoms with E-state index in [0.29, 0.717) is 22.8 Å². The Morgan fingerprint density at radius 2 is 1.83 bits per heavy atom. The lowest BCUT2D eigenvalue weighted by atomic mass is 10.1. The molecule has 0 unspecified atom stereocenters. The van der Waals surface area contributed by atoms with E-state index in [0.717, 1.165) is 18.3 Å². The zero-order valence-electron chi connectivity index (χ0n) is 18.9. The summed E-state index contributed by atoms with van der Waals surface area (Å²) in [4.78, 5) is 12.7. The highest BCUT2D eigenvalue weighted by Crippen LogP contribution is 2.31. The highest BCUT2D eigenvalue weighted by Gasteiger charge is 2.14. The monoisotopic (exact) mass is 698 g/mol. The number of carbonyl (C=O) groups is 1. The van der Waals surface area contributed by atoms with E-state index >= 15 is 0 Å². The highest BCUT2D eigenvalue weighted by molar-refractivity contribution is 14.1. The molecule has 0 atom stereocenters. The van der Waals surface area contributed by atoms with Gasteiger partial charge in [0.15, 0.2) is 0 Å². The van der Waals surface area contributed by atoms with E-state index in [1.165, 1.54) is 25.3 Å². The van der Waals surface area contributed by atoms with Crippen molar-refractivity contribution >= 4 is 57.2 Å². The molecule has 9 heteroatoms. The van der Waals surface area contributed by atoms with Crippen molar-refractivity contribution in [1.29, 1.82) is 5.26 Å². The summed E-state index contributed by atoms with van der Waals surface area (Å²) < 4.78 is 31.5. The molecule has 0 heterocycles. The normalized spacial score (nSPS) is 10.9. The van der Waals surface area contributed by atoms with Crippen molar-refractivity contribution in [2.75, 3.05) is 14.2 Å². The first-order chi connectivity index (χ1) is 16.8. The van der Waals surface area contributed by atoms with Crippen LogP contribution in [0.5, 0.6) is 17.2 Å². The zero-order chi connectivity index (χ0) is 25.4. The molecule has 0 aliphatic carbocycles. The van der Waals surface area contributed by atoms with Crippen molar-refractivity contribution in [1.82, 2.24) is 5.32 Å². The fourth-order valence-corrected chi connectivity index (χ4v) is 5.29. The Balaban J connectivity index is 1.72. The smallest absolute Gasteiger partial charge is 0.262 e. The molecule has 0 saturated heterocycles. The molecular formula is C26H21FI2N2O4. The maximum atomic E-state index is 13.4. The summed E-state index contributed by atoms with van der Waals surface area (Å²) in [7, 11) is 3.10. The van der Waals surface area contributed by atoms with Crippen LogP contribution in [0.15, 0.2) is 60.2 Å². The van der Waals surface area contributed by atoms with Crippen LogP contribution in [0.3, 0.4) is 0 Å². The lowest BCUT2D eigenvalue weighted by Crippen LogP contribution is -2.24. The van der Waals surface area contributed by atoms with Crippen LogP contribution in [-0.2, 0) is 17.9 Å². The first kappa shape index (κ1) is 26.7. The predicted molar refractivity (Wildman–Crippen MR) is 148 cm³/mol. The van der Waals surface area contributed by atoms with Crippen molar-refractivity contribution < 1.29 is 23.4 Å². The molecule has 6 nitrogen and oxygen atoms in total. The average Bonchev–Trinajstić information content (AvgIpc) is 2.85. The lowest BCUT2D eigenvalue weighted by molar-refractivity contribution is -0.117. The largest absolute Gasteiger partial charge is 0.497 e. The molecule has 35 heavy (non-hydrogen) atoms. The number of benzene rings is 3. The van der Waals surface area contributed by atoms with Crippen LogP contribution in [0.4, 0.5) is 4.39 Å². The van der Waals surface area contributed by atoms with Gasteiger partial charge < -0.3 is 19.5 Å². The number of rotatable bonds is 9. The molecule has 1 N–H and O–H groups in total. The Labute approximate surface area is 230 Å². The summed E-state index contributed by atoms with van der Waals surface area (Å²) >= 11 is 4.27. The van der Waals surface area contributed by atoms with Gasteiger partial charge >= 0.3 is 0 Å². The van der Waals surface area contributed by atoms with Crippen LogP contribution in [0.1, 0.15) is 16.7 Å². The third-order valence-electron chi connectivity index (χ3n) is 4.90. The molecule has 0 radical (unpaired) electrons. The molecule has 180 valence electrons. The maximum Gasteiger partial charge on any atom is 0.262 e. The Morgan fingerprint density at radius 1 is 1.09 bits per heavy atom. The van der Waals surface area contributed by atoms with Crippen LogP contribution in [-0.4, -0.2) is 20.1 Å². The number of hydrogen-bond donors (Lipinski definition) is 1. The summed E-state index contributed by atoms with van der Waals surface area (Å²) in [5.74, 6) is 1.06. The second-order valence-corrected chi connectivity index (χ2v) is 9.59. The number of carbonyl (C=O) groups excluding carboxylic acids is 1. The molecule has 1 amide bonds. The molecule has 0 aliphatic heterocycles. The second-order valence-electron chi connectivity index (χ2n) is 7.26. The number of halogens is 3. The van der Waals surface area contributed by atoms with Crippen LogP contribution in [0.2, 0.25) is 0 Å². The molecule has 0 aromatic heterocycles. The Kier molecular flexibility index (Phi) is 9.73. The maximum absolute atomic E-state index is 13.4. The van der Waals surface area contributed by atoms with Gasteiger partial charge in [-0.25, -0.2) is 4.39 Å². The van der Waals surface area contributed by atoms with E-state index in [9.17, 15) is 14.4 Å². The summed E-state index contributed by atoms with van der Waals surface area (Å²) in [6, 6.07) is 17.1. The van der Waals surface area contributed by atoms with E-state index in [1.807, 2.05) is 18.2 Å². The van der Waals surface area contributed by atoms with E-state index in [-0.39, 0.29) is 24.5 Å². The minimum atomic E-state index is -0.498. The average molecular weight is 698 g/mol. The summed E-state index contributed by atoms with van der Waals surface area (Å²) in [6.07, 6.45) is 1.53. The molecule has 3 aromatic rings. The van der Waals surface area contributed by atoms with E-state index in [2.05, 4.69) is 50.5 Å². The van der Waals surface area contributed by atoms with Crippen LogP contribution in [0.25, 0.3) is 6.08 Å². The molecule has 0 saturated carbocycles. The molecule has 3 rings (SSSR count). The lowest BCUT2D eigenvalue weighted by Gasteiger charge is -2.12. The number of ether oxygens (including phenoxy) is 3. The van der Waals surface area contributed by atoms with Crippen molar-refractivity contribution in [3.05, 3.63) is 89.8 Å². The van der Waals surface area contributed by atoms with Gasteiger partial charge in [-0.1, -0.05) is 12.1 Å². The first-order valence-corrected chi connectivity index (χ1v) is 12.5. The molecule has 3 aromatic carbocycles. The predicted octanol–water partition coefficient (Wildman–Crippen LogP) is 5.85. The van der Waals surface area contributed by atoms with Crippen molar-refractivity contribution in [3.8, 4) is 23.3 Å². The van der Waals surface area contributed by atoms with Gasteiger partial charge in [0.25, 0.3) is 5.91 Å². The fraction of sp³-hybridized carbons (Fsp3) is 0.154. The van der Waals surface area contributed by atoms with Crippen molar-refractivity contribution in [3.63, 3.8) is 0 Å². The quantitative estimate of drug-likeness (QED) is 0.172. The van der Waals surface area contributed by atoms with Crippen LogP contribution in [0, 0.1) is 24.3 Å². The summed E-state index contributed by atoms with van der Waals surface area (Å²) in [5.41, 5.74) is 2.13. The third kappa shape index (κ3) is 7.32. The second kappa shape index (κ2) is 12.7.